The Morgan fingerprint density at radius 1 is 1.19 bits per heavy atom. The fraction of sp³-hybridized carbons (Fsp3) is 0.167. The largest absolute Gasteiger partial charge is 0.462 e. The van der Waals surface area contributed by atoms with Crippen LogP contribution in [-0.2, 0) is 10.8 Å². The van der Waals surface area contributed by atoms with E-state index in [1.807, 2.05) is 0 Å². The Balaban J connectivity index is 1.91. The third-order valence-electron chi connectivity index (χ3n) is 3.41. The van der Waals surface area contributed by atoms with Gasteiger partial charge in [-0.3, -0.25) is 0 Å². The predicted octanol–water partition coefficient (Wildman–Crippen LogP) is 3.57. The van der Waals surface area contributed by atoms with E-state index in [0.29, 0.717) is 0 Å². The molecule has 2 aromatic heterocycles. The molecule has 3 aromatic rings. The minimum Gasteiger partial charge on any atom is -0.462 e. The molecular weight excluding hydrogens is 344 g/mol. The SMILES string of the molecule is CCOC(=O)c1cnn(-c2ncccc2OC(F)(F)c2ccccc2)c1. The van der Waals surface area contributed by atoms with E-state index in [4.69, 9.17) is 9.47 Å². The molecule has 0 atom stereocenters. The summed E-state index contributed by atoms with van der Waals surface area (Å²) in [6.07, 6.45) is 0.463. The Bertz CT molecular complexity index is 897. The number of esters is 1. The second kappa shape index (κ2) is 7.30. The summed E-state index contributed by atoms with van der Waals surface area (Å²) in [6, 6.07) is 9.98. The van der Waals surface area contributed by atoms with E-state index in [0.717, 1.165) is 0 Å². The van der Waals surface area contributed by atoms with E-state index in [2.05, 4.69) is 10.1 Å². The lowest BCUT2D eigenvalue weighted by Gasteiger charge is -2.19. The maximum Gasteiger partial charge on any atom is 0.426 e. The third-order valence-corrected chi connectivity index (χ3v) is 3.41. The lowest BCUT2D eigenvalue weighted by Crippen LogP contribution is -2.22. The predicted molar refractivity (Wildman–Crippen MR) is 88.3 cm³/mol. The minimum atomic E-state index is -3.56. The molecule has 0 aliphatic rings. The number of benzene rings is 1. The number of hydrogen-bond donors (Lipinski definition) is 0. The van der Waals surface area contributed by atoms with Gasteiger partial charge in [0, 0.05) is 12.4 Å². The molecule has 0 bridgehead atoms. The first-order valence-corrected chi connectivity index (χ1v) is 7.81. The quantitative estimate of drug-likeness (QED) is 0.630. The highest BCUT2D eigenvalue weighted by molar-refractivity contribution is 5.88. The lowest BCUT2D eigenvalue weighted by molar-refractivity contribution is -0.185. The average Bonchev–Trinajstić information content (AvgIpc) is 3.13. The van der Waals surface area contributed by atoms with Crippen LogP contribution in [0.5, 0.6) is 5.75 Å². The van der Waals surface area contributed by atoms with Crippen molar-refractivity contribution in [2.45, 2.75) is 13.0 Å². The summed E-state index contributed by atoms with van der Waals surface area (Å²) in [6.45, 7) is 1.89. The second-order valence-electron chi connectivity index (χ2n) is 5.20. The minimum absolute atomic E-state index is 0.0265. The maximum absolute atomic E-state index is 14.4. The van der Waals surface area contributed by atoms with Gasteiger partial charge in [0.1, 0.15) is 0 Å². The van der Waals surface area contributed by atoms with Gasteiger partial charge in [-0.05, 0) is 31.2 Å². The van der Waals surface area contributed by atoms with Gasteiger partial charge in [0.2, 0.25) is 0 Å². The molecule has 0 N–H and O–H groups in total. The molecule has 0 aliphatic carbocycles. The number of alkyl halides is 2. The van der Waals surface area contributed by atoms with E-state index in [1.54, 1.807) is 13.0 Å². The Kier molecular flexibility index (Phi) is 4.92. The molecule has 0 amide bonds. The van der Waals surface area contributed by atoms with Gasteiger partial charge in [-0.2, -0.15) is 13.9 Å². The van der Waals surface area contributed by atoms with E-state index >= 15 is 0 Å². The van der Waals surface area contributed by atoms with Gasteiger partial charge < -0.3 is 9.47 Å². The molecule has 2 heterocycles. The normalized spacial score (nSPS) is 11.2. The molecule has 0 fully saturated rings. The van der Waals surface area contributed by atoms with Crippen LogP contribution in [0.1, 0.15) is 22.8 Å². The fourth-order valence-corrected chi connectivity index (χ4v) is 2.22. The van der Waals surface area contributed by atoms with Crippen LogP contribution < -0.4 is 4.74 Å². The smallest absolute Gasteiger partial charge is 0.426 e. The van der Waals surface area contributed by atoms with Crippen molar-refractivity contribution >= 4 is 5.97 Å². The van der Waals surface area contributed by atoms with Crippen molar-refractivity contribution in [3.05, 3.63) is 72.2 Å². The number of rotatable bonds is 6. The molecule has 0 radical (unpaired) electrons. The molecule has 0 aliphatic heterocycles. The van der Waals surface area contributed by atoms with Crippen molar-refractivity contribution in [2.24, 2.45) is 0 Å². The maximum atomic E-state index is 14.4. The zero-order valence-electron chi connectivity index (χ0n) is 13.8. The fourth-order valence-electron chi connectivity index (χ4n) is 2.22. The molecule has 134 valence electrons. The number of halogens is 2. The summed E-state index contributed by atoms with van der Waals surface area (Å²) in [7, 11) is 0. The molecule has 1 aromatic carbocycles. The van der Waals surface area contributed by atoms with E-state index in [1.165, 1.54) is 59.7 Å². The zero-order valence-corrected chi connectivity index (χ0v) is 13.8. The van der Waals surface area contributed by atoms with Gasteiger partial charge in [-0.25, -0.2) is 14.5 Å². The average molecular weight is 359 g/mol. The van der Waals surface area contributed by atoms with Crippen LogP contribution in [0, 0.1) is 0 Å². The molecule has 0 saturated heterocycles. The number of carbonyl (C=O) groups excluding carboxylic acids is 1. The number of hydrogen-bond acceptors (Lipinski definition) is 5. The number of pyridine rings is 1. The molecule has 3 rings (SSSR count). The van der Waals surface area contributed by atoms with Crippen molar-refractivity contribution < 1.29 is 23.0 Å². The summed E-state index contributed by atoms with van der Waals surface area (Å²) >= 11 is 0. The molecule has 0 unspecified atom stereocenters. The highest BCUT2D eigenvalue weighted by Gasteiger charge is 2.35. The summed E-state index contributed by atoms with van der Waals surface area (Å²) in [5.74, 6) is -0.717. The van der Waals surface area contributed by atoms with Crippen LogP contribution in [0.25, 0.3) is 5.82 Å². The van der Waals surface area contributed by atoms with Crippen LogP contribution in [0.4, 0.5) is 8.78 Å². The van der Waals surface area contributed by atoms with Crippen molar-refractivity contribution in [2.75, 3.05) is 6.61 Å². The molecule has 0 saturated carbocycles. The Labute approximate surface area is 148 Å². The van der Waals surface area contributed by atoms with Gasteiger partial charge in [0.25, 0.3) is 0 Å². The first kappa shape index (κ1) is 17.5. The number of ether oxygens (including phenoxy) is 2. The first-order chi connectivity index (χ1) is 12.5. The number of nitrogens with zero attached hydrogens (tertiary/aromatic N) is 3. The van der Waals surface area contributed by atoms with E-state index in [9.17, 15) is 13.6 Å². The van der Waals surface area contributed by atoms with E-state index < -0.39 is 12.1 Å². The van der Waals surface area contributed by atoms with Crippen LogP contribution in [0.2, 0.25) is 0 Å². The molecule has 26 heavy (non-hydrogen) atoms. The van der Waals surface area contributed by atoms with Crippen molar-refractivity contribution in [3.8, 4) is 11.6 Å². The summed E-state index contributed by atoms with van der Waals surface area (Å²) in [4.78, 5) is 15.8. The molecule has 6 nitrogen and oxygen atoms in total. The summed E-state index contributed by atoms with van der Waals surface area (Å²) in [5.41, 5.74) is -0.110. The molecule has 8 heteroatoms. The highest BCUT2D eigenvalue weighted by atomic mass is 19.3. The molecule has 0 spiro atoms. The van der Waals surface area contributed by atoms with Gasteiger partial charge >= 0.3 is 12.1 Å². The highest BCUT2D eigenvalue weighted by Crippen LogP contribution is 2.33. The van der Waals surface area contributed by atoms with Crippen molar-refractivity contribution in [3.63, 3.8) is 0 Å². The Hall–Kier alpha value is -3.29. The standard InChI is InChI=1S/C18H15F2N3O3/c1-2-25-17(24)13-11-22-23(12-13)16-15(9-6-10-21-16)26-18(19,20)14-7-4-3-5-8-14/h3-12H,2H2,1H3. The van der Waals surface area contributed by atoms with Crippen LogP contribution in [0.3, 0.4) is 0 Å². The molecular formula is C18H15F2N3O3. The van der Waals surface area contributed by atoms with Crippen LogP contribution in [0.15, 0.2) is 61.1 Å². The summed E-state index contributed by atoms with van der Waals surface area (Å²) in [5, 5.41) is 3.98. The van der Waals surface area contributed by atoms with Crippen LogP contribution in [-0.4, -0.2) is 27.3 Å². The van der Waals surface area contributed by atoms with Gasteiger partial charge in [0.15, 0.2) is 11.6 Å². The van der Waals surface area contributed by atoms with Gasteiger partial charge in [-0.15, -0.1) is 0 Å². The summed E-state index contributed by atoms with van der Waals surface area (Å²) < 4.78 is 39.8. The topological polar surface area (TPSA) is 66.2 Å². The second-order valence-corrected chi connectivity index (χ2v) is 5.20. The number of aromatic nitrogens is 3. The lowest BCUT2D eigenvalue weighted by atomic mass is 10.2. The monoisotopic (exact) mass is 359 g/mol. The number of carbonyl (C=O) groups is 1. The van der Waals surface area contributed by atoms with Gasteiger partial charge in [-0.1, -0.05) is 18.2 Å². The van der Waals surface area contributed by atoms with Crippen molar-refractivity contribution in [1.29, 1.82) is 0 Å². The third kappa shape index (κ3) is 3.69. The van der Waals surface area contributed by atoms with E-state index in [-0.39, 0.29) is 29.3 Å². The zero-order chi connectivity index (χ0) is 18.6. The van der Waals surface area contributed by atoms with Gasteiger partial charge in [0.05, 0.1) is 23.9 Å². The van der Waals surface area contributed by atoms with Crippen LogP contribution >= 0.6 is 0 Å². The Morgan fingerprint density at radius 3 is 2.69 bits per heavy atom. The Morgan fingerprint density at radius 2 is 1.96 bits per heavy atom. The van der Waals surface area contributed by atoms with Crippen molar-refractivity contribution in [1.82, 2.24) is 14.8 Å². The first-order valence-electron chi connectivity index (χ1n) is 7.81.